The number of aromatic nitrogens is 1. The third-order valence-corrected chi connectivity index (χ3v) is 4.39. The molecule has 0 aliphatic carbocycles. The molecule has 0 atom stereocenters. The van der Waals surface area contributed by atoms with Gasteiger partial charge in [0.2, 0.25) is 5.91 Å². The molecular formula is C20H16BrN5O4. The Balaban J connectivity index is 1.60. The molecule has 0 saturated carbocycles. The Kier molecular flexibility index (Phi) is 6.71. The summed E-state index contributed by atoms with van der Waals surface area (Å²) in [5.74, 6) is -0.398. The van der Waals surface area contributed by atoms with E-state index in [0.29, 0.717) is 17.1 Å². The van der Waals surface area contributed by atoms with Gasteiger partial charge in [-0.05, 0) is 52.3 Å². The lowest BCUT2D eigenvalue weighted by Gasteiger charge is -2.10. The van der Waals surface area contributed by atoms with Crippen molar-refractivity contribution in [1.82, 2.24) is 4.98 Å². The largest absolute Gasteiger partial charge is 0.371 e. The van der Waals surface area contributed by atoms with Crippen molar-refractivity contribution in [2.75, 3.05) is 22.5 Å². The van der Waals surface area contributed by atoms with Gasteiger partial charge < -0.3 is 16.0 Å². The first kappa shape index (κ1) is 20.9. The SMILES string of the molecule is O=C(CNc1ccccc1[N+](=O)[O-])Nc1cccc(C(=O)Nc2ccc(Br)cn2)c1. The average molecular weight is 470 g/mol. The van der Waals surface area contributed by atoms with Crippen LogP contribution < -0.4 is 16.0 Å². The van der Waals surface area contributed by atoms with E-state index in [-0.39, 0.29) is 23.8 Å². The van der Waals surface area contributed by atoms with Crippen LogP contribution in [0.3, 0.4) is 0 Å². The van der Waals surface area contributed by atoms with E-state index >= 15 is 0 Å². The van der Waals surface area contributed by atoms with Crippen LogP contribution in [0.4, 0.5) is 22.9 Å². The molecule has 0 fully saturated rings. The van der Waals surface area contributed by atoms with Gasteiger partial charge in [0.1, 0.15) is 11.5 Å². The number of pyridine rings is 1. The standard InChI is InChI=1S/C20H16BrN5O4/c21-14-8-9-18(23-11-14)25-20(28)13-4-3-5-15(10-13)24-19(27)12-22-16-6-1-2-7-17(16)26(29)30/h1-11,22H,12H2,(H,24,27)(H,23,25,28). The van der Waals surface area contributed by atoms with Gasteiger partial charge in [-0.25, -0.2) is 4.98 Å². The smallest absolute Gasteiger partial charge is 0.292 e. The van der Waals surface area contributed by atoms with Crippen LogP contribution in [-0.2, 0) is 4.79 Å². The summed E-state index contributed by atoms with van der Waals surface area (Å²) in [5, 5.41) is 19.1. The lowest BCUT2D eigenvalue weighted by Crippen LogP contribution is -2.22. The normalized spacial score (nSPS) is 10.2. The zero-order chi connectivity index (χ0) is 21.5. The van der Waals surface area contributed by atoms with E-state index in [0.717, 1.165) is 4.47 Å². The molecule has 1 heterocycles. The Labute approximate surface area is 179 Å². The Hall–Kier alpha value is -3.79. The number of nitro benzene ring substituents is 1. The van der Waals surface area contributed by atoms with Gasteiger partial charge in [0.05, 0.1) is 11.5 Å². The number of carbonyl (C=O) groups is 2. The summed E-state index contributed by atoms with van der Waals surface area (Å²) in [4.78, 5) is 39.2. The van der Waals surface area contributed by atoms with Gasteiger partial charge in [-0.3, -0.25) is 19.7 Å². The van der Waals surface area contributed by atoms with E-state index in [4.69, 9.17) is 0 Å². The molecule has 30 heavy (non-hydrogen) atoms. The molecule has 0 aliphatic heterocycles. The molecule has 3 rings (SSSR count). The van der Waals surface area contributed by atoms with Crippen molar-refractivity contribution in [1.29, 1.82) is 0 Å². The summed E-state index contributed by atoms with van der Waals surface area (Å²) in [6, 6.07) is 15.9. The zero-order valence-corrected chi connectivity index (χ0v) is 17.0. The molecule has 0 saturated heterocycles. The topological polar surface area (TPSA) is 126 Å². The molecule has 2 amide bonds. The lowest BCUT2D eigenvalue weighted by molar-refractivity contribution is -0.383. The van der Waals surface area contributed by atoms with Crippen molar-refractivity contribution in [2.45, 2.75) is 0 Å². The van der Waals surface area contributed by atoms with E-state index in [2.05, 4.69) is 36.9 Å². The lowest BCUT2D eigenvalue weighted by atomic mass is 10.2. The molecular weight excluding hydrogens is 454 g/mol. The number of carbonyl (C=O) groups excluding carboxylic acids is 2. The summed E-state index contributed by atoms with van der Waals surface area (Å²) in [5.41, 5.74) is 0.878. The van der Waals surface area contributed by atoms with E-state index in [1.54, 1.807) is 48.7 Å². The molecule has 0 radical (unpaired) electrons. The minimum Gasteiger partial charge on any atom is -0.371 e. The summed E-state index contributed by atoms with van der Waals surface area (Å²) in [6.45, 7) is -0.176. The summed E-state index contributed by atoms with van der Waals surface area (Å²) >= 11 is 3.27. The highest BCUT2D eigenvalue weighted by molar-refractivity contribution is 9.10. The molecule has 2 aromatic carbocycles. The van der Waals surface area contributed by atoms with Gasteiger partial charge in [-0.2, -0.15) is 0 Å². The number of halogens is 1. The van der Waals surface area contributed by atoms with Crippen LogP contribution >= 0.6 is 15.9 Å². The van der Waals surface area contributed by atoms with Crippen molar-refractivity contribution in [3.8, 4) is 0 Å². The first-order chi connectivity index (χ1) is 14.4. The van der Waals surface area contributed by atoms with Gasteiger partial charge in [0, 0.05) is 28.0 Å². The Morgan fingerprint density at radius 1 is 1.03 bits per heavy atom. The van der Waals surface area contributed by atoms with E-state index in [1.165, 1.54) is 18.2 Å². The quantitative estimate of drug-likeness (QED) is 0.353. The minimum atomic E-state index is -0.525. The molecule has 0 unspecified atom stereocenters. The number of hydrogen-bond donors (Lipinski definition) is 3. The Bertz CT molecular complexity index is 1090. The van der Waals surface area contributed by atoms with Gasteiger partial charge in [-0.1, -0.05) is 18.2 Å². The van der Waals surface area contributed by atoms with Crippen LogP contribution in [-0.4, -0.2) is 28.3 Å². The maximum Gasteiger partial charge on any atom is 0.292 e. The first-order valence-electron chi connectivity index (χ1n) is 8.72. The highest BCUT2D eigenvalue weighted by Gasteiger charge is 2.13. The van der Waals surface area contributed by atoms with Crippen molar-refractivity contribution in [3.63, 3.8) is 0 Å². The number of hydrogen-bond acceptors (Lipinski definition) is 6. The monoisotopic (exact) mass is 469 g/mol. The van der Waals surface area contributed by atoms with Crippen LogP contribution in [0.2, 0.25) is 0 Å². The molecule has 9 nitrogen and oxygen atoms in total. The first-order valence-corrected chi connectivity index (χ1v) is 9.52. The number of nitro groups is 1. The van der Waals surface area contributed by atoms with E-state index in [1.807, 2.05) is 0 Å². The van der Waals surface area contributed by atoms with Gasteiger partial charge in [0.25, 0.3) is 11.6 Å². The maximum absolute atomic E-state index is 12.4. The minimum absolute atomic E-state index is 0.120. The van der Waals surface area contributed by atoms with Crippen molar-refractivity contribution >= 4 is 50.6 Å². The van der Waals surface area contributed by atoms with Gasteiger partial charge in [0.15, 0.2) is 0 Å². The van der Waals surface area contributed by atoms with Gasteiger partial charge in [-0.15, -0.1) is 0 Å². The van der Waals surface area contributed by atoms with Crippen LogP contribution in [0.25, 0.3) is 0 Å². The maximum atomic E-state index is 12.4. The predicted octanol–water partition coefficient (Wildman–Crippen LogP) is 4.06. The highest BCUT2D eigenvalue weighted by atomic mass is 79.9. The fourth-order valence-corrected chi connectivity index (χ4v) is 2.77. The summed E-state index contributed by atoms with van der Waals surface area (Å²) in [7, 11) is 0. The number of amides is 2. The molecule has 0 spiro atoms. The molecule has 3 aromatic rings. The molecule has 10 heteroatoms. The zero-order valence-electron chi connectivity index (χ0n) is 15.5. The second-order valence-corrected chi connectivity index (χ2v) is 6.99. The average Bonchev–Trinajstić information content (AvgIpc) is 2.74. The van der Waals surface area contributed by atoms with E-state index < -0.39 is 10.8 Å². The third kappa shape index (κ3) is 5.61. The van der Waals surface area contributed by atoms with E-state index in [9.17, 15) is 19.7 Å². The summed E-state index contributed by atoms with van der Waals surface area (Å²) < 4.78 is 0.791. The fraction of sp³-hybridized carbons (Fsp3) is 0.0500. The Morgan fingerprint density at radius 3 is 2.57 bits per heavy atom. The van der Waals surface area contributed by atoms with Crippen LogP contribution in [0.15, 0.2) is 71.3 Å². The fourth-order valence-electron chi connectivity index (χ4n) is 2.54. The van der Waals surface area contributed by atoms with Crippen molar-refractivity contribution in [2.24, 2.45) is 0 Å². The predicted molar refractivity (Wildman–Crippen MR) is 117 cm³/mol. The number of nitrogens with zero attached hydrogens (tertiary/aromatic N) is 2. The third-order valence-electron chi connectivity index (χ3n) is 3.92. The highest BCUT2D eigenvalue weighted by Crippen LogP contribution is 2.23. The number of benzene rings is 2. The number of nitrogens with one attached hydrogen (secondary N) is 3. The molecule has 0 bridgehead atoms. The van der Waals surface area contributed by atoms with Crippen LogP contribution in [0.1, 0.15) is 10.4 Å². The second kappa shape index (κ2) is 9.61. The summed E-state index contributed by atoms with van der Waals surface area (Å²) in [6.07, 6.45) is 1.57. The molecule has 3 N–H and O–H groups in total. The Morgan fingerprint density at radius 2 is 1.83 bits per heavy atom. The van der Waals surface area contributed by atoms with Crippen LogP contribution in [0, 0.1) is 10.1 Å². The number of rotatable bonds is 7. The van der Waals surface area contributed by atoms with Crippen molar-refractivity contribution in [3.05, 3.63) is 87.0 Å². The van der Waals surface area contributed by atoms with Gasteiger partial charge >= 0.3 is 0 Å². The number of para-hydroxylation sites is 2. The van der Waals surface area contributed by atoms with Crippen molar-refractivity contribution < 1.29 is 14.5 Å². The molecule has 0 aliphatic rings. The molecule has 1 aromatic heterocycles. The number of anilines is 3. The second-order valence-electron chi connectivity index (χ2n) is 6.07. The van der Waals surface area contributed by atoms with Crippen LogP contribution in [0.5, 0.6) is 0 Å². The molecule has 152 valence electrons.